The molecule has 1 aliphatic rings. The highest BCUT2D eigenvalue weighted by Gasteiger charge is 2.16. The molecule has 0 unspecified atom stereocenters. The lowest BCUT2D eigenvalue weighted by Gasteiger charge is -2.27. The van der Waals surface area contributed by atoms with Gasteiger partial charge in [0.25, 0.3) is 5.91 Å². The summed E-state index contributed by atoms with van der Waals surface area (Å²) >= 11 is 0. The predicted octanol–water partition coefficient (Wildman–Crippen LogP) is 0.0113. The third-order valence-corrected chi connectivity index (χ3v) is 3.28. The summed E-state index contributed by atoms with van der Waals surface area (Å²) in [5, 5.41) is 11.2. The summed E-state index contributed by atoms with van der Waals surface area (Å²) < 4.78 is 0. The zero-order chi connectivity index (χ0) is 13.0. The van der Waals surface area contributed by atoms with Crippen LogP contribution >= 0.6 is 0 Å². The summed E-state index contributed by atoms with van der Waals surface area (Å²) in [7, 11) is 2.00. The third kappa shape index (κ3) is 3.16. The van der Waals surface area contributed by atoms with Gasteiger partial charge in [0, 0.05) is 13.6 Å². The van der Waals surface area contributed by atoms with Crippen LogP contribution in [0.1, 0.15) is 23.3 Å². The number of anilines is 1. The number of amides is 1. The molecular weight excluding hydrogens is 230 g/mol. The van der Waals surface area contributed by atoms with Crippen molar-refractivity contribution in [3.05, 3.63) is 17.8 Å². The number of carbonyl (C=O) groups is 1. The molecule has 0 radical (unpaired) electrons. The van der Waals surface area contributed by atoms with E-state index in [-0.39, 0.29) is 5.69 Å². The molecule has 18 heavy (non-hydrogen) atoms. The lowest BCUT2D eigenvalue weighted by Crippen LogP contribution is -2.35. The van der Waals surface area contributed by atoms with Crippen molar-refractivity contribution in [2.75, 3.05) is 31.6 Å². The molecule has 2 heterocycles. The van der Waals surface area contributed by atoms with Gasteiger partial charge in [-0.15, -0.1) is 10.2 Å². The van der Waals surface area contributed by atoms with Crippen LogP contribution in [0, 0.1) is 5.92 Å². The van der Waals surface area contributed by atoms with Crippen molar-refractivity contribution in [2.45, 2.75) is 12.8 Å². The van der Waals surface area contributed by atoms with Crippen LogP contribution in [0.4, 0.5) is 5.82 Å². The number of nitrogens with zero attached hydrogens (tertiary/aromatic N) is 3. The second-order valence-corrected chi connectivity index (χ2v) is 4.71. The van der Waals surface area contributed by atoms with E-state index < -0.39 is 5.91 Å². The molecule has 1 saturated heterocycles. The van der Waals surface area contributed by atoms with Crippen molar-refractivity contribution in [1.29, 1.82) is 0 Å². The first-order chi connectivity index (χ1) is 8.66. The van der Waals surface area contributed by atoms with Crippen LogP contribution in [-0.2, 0) is 0 Å². The van der Waals surface area contributed by atoms with E-state index in [0.717, 1.165) is 25.5 Å². The Labute approximate surface area is 107 Å². The van der Waals surface area contributed by atoms with Crippen LogP contribution in [0.15, 0.2) is 12.1 Å². The molecule has 0 spiro atoms. The lowest BCUT2D eigenvalue weighted by molar-refractivity contribution is 0.0994. The summed E-state index contributed by atoms with van der Waals surface area (Å²) in [5.74, 6) is 0.919. The van der Waals surface area contributed by atoms with Gasteiger partial charge in [-0.3, -0.25) is 4.79 Å². The Hall–Kier alpha value is -1.69. The molecule has 3 N–H and O–H groups in total. The van der Waals surface area contributed by atoms with Crippen LogP contribution < -0.4 is 16.0 Å². The topological polar surface area (TPSA) is 84.1 Å². The number of primary amides is 1. The maximum atomic E-state index is 10.9. The van der Waals surface area contributed by atoms with Gasteiger partial charge in [-0.1, -0.05) is 0 Å². The molecule has 1 aromatic rings. The van der Waals surface area contributed by atoms with Gasteiger partial charge in [0.1, 0.15) is 0 Å². The van der Waals surface area contributed by atoms with Crippen LogP contribution in [0.2, 0.25) is 0 Å². The molecule has 0 saturated carbocycles. The van der Waals surface area contributed by atoms with Crippen molar-refractivity contribution >= 4 is 11.7 Å². The Balaban J connectivity index is 1.95. The fraction of sp³-hybridized carbons (Fsp3) is 0.583. The fourth-order valence-electron chi connectivity index (χ4n) is 2.21. The number of nitrogens with two attached hydrogens (primary N) is 1. The van der Waals surface area contributed by atoms with Gasteiger partial charge in [0.2, 0.25) is 0 Å². The molecule has 0 bridgehead atoms. The minimum Gasteiger partial charge on any atom is -0.364 e. The van der Waals surface area contributed by atoms with Gasteiger partial charge < -0.3 is 16.0 Å². The van der Waals surface area contributed by atoms with Gasteiger partial charge in [0.15, 0.2) is 11.5 Å². The van der Waals surface area contributed by atoms with Gasteiger partial charge in [0.05, 0.1) is 0 Å². The molecule has 2 rings (SSSR count). The van der Waals surface area contributed by atoms with Gasteiger partial charge in [-0.2, -0.15) is 0 Å². The van der Waals surface area contributed by atoms with Crippen molar-refractivity contribution in [1.82, 2.24) is 15.5 Å². The highest BCUT2D eigenvalue weighted by molar-refractivity contribution is 5.90. The van der Waals surface area contributed by atoms with Gasteiger partial charge in [-0.25, -0.2) is 0 Å². The minimum absolute atomic E-state index is 0.203. The summed E-state index contributed by atoms with van der Waals surface area (Å²) in [6.45, 7) is 3.14. The van der Waals surface area contributed by atoms with Crippen LogP contribution in [0.5, 0.6) is 0 Å². The van der Waals surface area contributed by atoms with E-state index in [1.807, 2.05) is 7.05 Å². The molecule has 1 fully saturated rings. The number of rotatable bonds is 4. The monoisotopic (exact) mass is 249 g/mol. The molecule has 0 atom stereocenters. The largest absolute Gasteiger partial charge is 0.364 e. The third-order valence-electron chi connectivity index (χ3n) is 3.28. The van der Waals surface area contributed by atoms with Crippen molar-refractivity contribution in [2.24, 2.45) is 11.7 Å². The van der Waals surface area contributed by atoms with E-state index in [9.17, 15) is 4.79 Å². The Morgan fingerprint density at radius 2 is 2.17 bits per heavy atom. The average molecular weight is 249 g/mol. The first-order valence-corrected chi connectivity index (χ1v) is 6.22. The van der Waals surface area contributed by atoms with Crippen LogP contribution in [-0.4, -0.2) is 42.8 Å². The molecule has 1 aliphatic heterocycles. The first kappa shape index (κ1) is 12.8. The SMILES string of the molecule is CN(CC1CCNCC1)c1ccc(C(N)=O)nn1. The van der Waals surface area contributed by atoms with Crippen molar-refractivity contribution in [3.8, 4) is 0 Å². The van der Waals surface area contributed by atoms with E-state index >= 15 is 0 Å². The van der Waals surface area contributed by atoms with Crippen molar-refractivity contribution < 1.29 is 4.79 Å². The predicted molar refractivity (Wildman–Crippen MR) is 69.4 cm³/mol. The zero-order valence-corrected chi connectivity index (χ0v) is 10.6. The number of hydrogen-bond acceptors (Lipinski definition) is 5. The number of nitrogens with one attached hydrogen (secondary N) is 1. The summed E-state index contributed by atoms with van der Waals surface area (Å²) in [6, 6.07) is 3.40. The van der Waals surface area contributed by atoms with E-state index in [2.05, 4.69) is 20.4 Å². The smallest absolute Gasteiger partial charge is 0.269 e. The lowest BCUT2D eigenvalue weighted by atomic mass is 9.98. The van der Waals surface area contributed by atoms with E-state index in [0.29, 0.717) is 5.92 Å². The molecule has 1 amide bonds. The molecule has 0 aromatic carbocycles. The number of carbonyl (C=O) groups excluding carboxylic acids is 1. The Bertz CT molecular complexity index is 399. The summed E-state index contributed by atoms with van der Waals surface area (Å²) in [5.41, 5.74) is 5.33. The van der Waals surface area contributed by atoms with E-state index in [1.165, 1.54) is 12.8 Å². The highest BCUT2D eigenvalue weighted by atomic mass is 16.1. The molecule has 6 nitrogen and oxygen atoms in total. The highest BCUT2D eigenvalue weighted by Crippen LogP contribution is 2.16. The van der Waals surface area contributed by atoms with Crippen LogP contribution in [0.3, 0.4) is 0 Å². The fourth-order valence-corrected chi connectivity index (χ4v) is 2.21. The van der Waals surface area contributed by atoms with Gasteiger partial charge in [-0.05, 0) is 44.0 Å². The maximum Gasteiger partial charge on any atom is 0.269 e. The Morgan fingerprint density at radius 1 is 1.44 bits per heavy atom. The van der Waals surface area contributed by atoms with E-state index in [1.54, 1.807) is 12.1 Å². The maximum absolute atomic E-state index is 10.9. The average Bonchev–Trinajstić information content (AvgIpc) is 2.40. The van der Waals surface area contributed by atoms with E-state index in [4.69, 9.17) is 5.73 Å². The summed E-state index contributed by atoms with van der Waals surface area (Å²) in [4.78, 5) is 13.0. The zero-order valence-electron chi connectivity index (χ0n) is 10.6. The molecule has 98 valence electrons. The number of aromatic nitrogens is 2. The second kappa shape index (κ2) is 5.77. The molecule has 6 heteroatoms. The Kier molecular flexibility index (Phi) is 4.09. The number of hydrogen-bond donors (Lipinski definition) is 2. The van der Waals surface area contributed by atoms with Gasteiger partial charge >= 0.3 is 0 Å². The summed E-state index contributed by atoms with van der Waals surface area (Å²) in [6.07, 6.45) is 2.38. The number of piperidine rings is 1. The second-order valence-electron chi connectivity index (χ2n) is 4.71. The quantitative estimate of drug-likeness (QED) is 0.785. The normalized spacial score (nSPS) is 16.5. The van der Waals surface area contributed by atoms with Crippen molar-refractivity contribution in [3.63, 3.8) is 0 Å². The first-order valence-electron chi connectivity index (χ1n) is 6.22. The minimum atomic E-state index is -0.546. The Morgan fingerprint density at radius 3 is 2.72 bits per heavy atom. The molecule has 1 aromatic heterocycles. The standard InChI is InChI=1S/C12H19N5O/c1-17(8-9-4-6-14-7-5-9)11-3-2-10(12(13)18)15-16-11/h2-3,9,14H,4-8H2,1H3,(H2,13,18). The molecule has 0 aliphatic carbocycles. The molecular formula is C12H19N5O. The van der Waals surface area contributed by atoms with Crippen LogP contribution in [0.25, 0.3) is 0 Å².